The number of aryl methyl sites for hydroxylation is 1. The van der Waals surface area contributed by atoms with Crippen LogP contribution in [-0.4, -0.2) is 113 Å². The zero-order chi connectivity index (χ0) is 39.9. The van der Waals surface area contributed by atoms with Gasteiger partial charge in [-0.25, -0.2) is 9.59 Å². The Morgan fingerprint density at radius 2 is 1.45 bits per heavy atom. The number of primary amides is 1. The maximum Gasteiger partial charge on any atom is 0.328 e. The fraction of sp³-hybridized carbons (Fsp3) is 0.525. The van der Waals surface area contributed by atoms with Crippen LogP contribution in [0, 0.1) is 12.8 Å². The van der Waals surface area contributed by atoms with Gasteiger partial charge < -0.3 is 41.1 Å². The standard InChI is InChI=1S/C23H34N4O6.C10H13N3O2.C7H8/c1-14-12-18-23(32)33-11-8-19(28)25-10-5-7-17(25)22(31)26-9-4-3-6-16(26)20(29)24-15(2)21(30)27(18)13-14;11-9(14)7-13-10(15)12-6-8-4-2-1-3-5-8;1-7-5-3-2-4-6-7/h14-18H,3-13H2,1-2H3,(H,24,29);1-5H,6-7H2,(H2,11,14)(H2,12,13,15);2-6H,1H3/t14-,15?,16?,17?,18?;;/m1../s1. The second-order valence-electron chi connectivity index (χ2n) is 14.4. The van der Waals surface area contributed by atoms with E-state index in [1.54, 1.807) is 16.7 Å². The van der Waals surface area contributed by atoms with Crippen molar-refractivity contribution in [1.82, 2.24) is 30.7 Å². The van der Waals surface area contributed by atoms with Gasteiger partial charge in [0.1, 0.15) is 30.8 Å². The highest BCUT2D eigenvalue weighted by atomic mass is 16.5. The molecule has 4 aliphatic heterocycles. The summed E-state index contributed by atoms with van der Waals surface area (Å²) in [5, 5.41) is 7.71. The summed E-state index contributed by atoms with van der Waals surface area (Å²) in [6.45, 7) is 7.19. The first kappa shape index (κ1) is 42.3. The number of benzene rings is 2. The number of hydrogen-bond donors (Lipinski definition) is 4. The number of fused-ring (bicyclic) bond motifs is 3. The maximum absolute atomic E-state index is 13.4. The van der Waals surface area contributed by atoms with E-state index < -0.39 is 42.1 Å². The SMILES string of the molecule is CC1NC(=O)C2CCCCN2C(=O)C2CCCN2C(=O)CCOC(=O)C2C[C@@H](C)CN2C1=O.Cc1ccccc1.NC(=O)CNC(=O)NCc1ccccc1. The molecule has 5 atom stereocenters. The lowest BCUT2D eigenvalue weighted by Gasteiger charge is -2.38. The third-order valence-electron chi connectivity index (χ3n) is 9.96. The summed E-state index contributed by atoms with van der Waals surface area (Å²) in [7, 11) is 0. The van der Waals surface area contributed by atoms with Gasteiger partial charge in [-0.15, -0.1) is 0 Å². The molecule has 15 nitrogen and oxygen atoms in total. The highest BCUT2D eigenvalue weighted by Gasteiger charge is 2.44. The Morgan fingerprint density at radius 1 is 0.800 bits per heavy atom. The molecule has 4 heterocycles. The van der Waals surface area contributed by atoms with Gasteiger partial charge in [0.05, 0.1) is 13.0 Å². The second kappa shape index (κ2) is 20.8. The number of esters is 1. The molecule has 4 aliphatic rings. The molecule has 5 N–H and O–H groups in total. The van der Waals surface area contributed by atoms with Crippen molar-refractivity contribution < 1.29 is 38.3 Å². The van der Waals surface area contributed by atoms with E-state index in [0.29, 0.717) is 51.9 Å². The minimum atomic E-state index is -0.825. The van der Waals surface area contributed by atoms with Crippen molar-refractivity contribution in [1.29, 1.82) is 0 Å². The Labute approximate surface area is 322 Å². The van der Waals surface area contributed by atoms with Crippen LogP contribution in [0.2, 0.25) is 0 Å². The maximum atomic E-state index is 13.4. The van der Waals surface area contributed by atoms with Crippen LogP contribution < -0.4 is 21.7 Å². The molecule has 55 heavy (non-hydrogen) atoms. The van der Waals surface area contributed by atoms with Crippen LogP contribution in [0.25, 0.3) is 0 Å². The lowest BCUT2D eigenvalue weighted by Crippen LogP contribution is -2.59. The number of nitrogens with one attached hydrogen (secondary N) is 3. The van der Waals surface area contributed by atoms with Crippen LogP contribution >= 0.6 is 0 Å². The quantitative estimate of drug-likeness (QED) is 0.339. The number of hydrogen-bond acceptors (Lipinski definition) is 8. The van der Waals surface area contributed by atoms with Gasteiger partial charge in [-0.05, 0) is 63.9 Å². The van der Waals surface area contributed by atoms with Crippen molar-refractivity contribution in [3.05, 3.63) is 71.8 Å². The van der Waals surface area contributed by atoms with Gasteiger partial charge in [-0.1, -0.05) is 73.2 Å². The van der Waals surface area contributed by atoms with E-state index in [0.717, 1.165) is 18.4 Å². The van der Waals surface area contributed by atoms with Crippen molar-refractivity contribution in [2.45, 2.75) is 96.4 Å². The van der Waals surface area contributed by atoms with Crippen LogP contribution in [0.4, 0.5) is 4.79 Å². The fourth-order valence-corrected chi connectivity index (χ4v) is 7.14. The molecule has 4 fully saturated rings. The van der Waals surface area contributed by atoms with Gasteiger partial charge in [0.25, 0.3) is 0 Å². The molecular weight excluding hydrogens is 706 g/mol. The Balaban J connectivity index is 0.000000250. The third-order valence-corrected chi connectivity index (χ3v) is 9.96. The van der Waals surface area contributed by atoms with Gasteiger partial charge in [-0.3, -0.25) is 24.0 Å². The normalized spacial score (nSPS) is 24.4. The van der Waals surface area contributed by atoms with Crippen LogP contribution in [0.5, 0.6) is 0 Å². The summed E-state index contributed by atoms with van der Waals surface area (Å²) in [5.41, 5.74) is 7.18. The lowest BCUT2D eigenvalue weighted by atomic mass is 9.99. The molecule has 0 spiro atoms. The average molecular weight is 762 g/mol. The van der Waals surface area contributed by atoms with Gasteiger partial charge >= 0.3 is 12.0 Å². The number of nitrogens with zero attached hydrogens (tertiary/aromatic N) is 3. The summed E-state index contributed by atoms with van der Waals surface area (Å²) in [5.74, 6) is -2.12. The second-order valence-corrected chi connectivity index (χ2v) is 14.4. The van der Waals surface area contributed by atoms with E-state index in [-0.39, 0.29) is 49.1 Å². The number of urea groups is 1. The topological polar surface area (TPSA) is 201 Å². The van der Waals surface area contributed by atoms with E-state index in [9.17, 15) is 33.6 Å². The molecule has 0 saturated carbocycles. The Hall–Kier alpha value is -5.47. The van der Waals surface area contributed by atoms with Crippen molar-refractivity contribution in [2.75, 3.05) is 32.8 Å². The number of rotatable bonds is 4. The Kier molecular flexibility index (Phi) is 16.0. The summed E-state index contributed by atoms with van der Waals surface area (Å²) < 4.78 is 5.38. The van der Waals surface area contributed by atoms with E-state index in [1.165, 1.54) is 10.5 Å². The van der Waals surface area contributed by atoms with Gasteiger partial charge in [-0.2, -0.15) is 0 Å². The number of cyclic esters (lactones) is 1. The molecule has 298 valence electrons. The van der Waals surface area contributed by atoms with Crippen LogP contribution in [-0.2, 0) is 40.0 Å². The molecule has 0 aliphatic carbocycles. The first-order valence-corrected chi connectivity index (χ1v) is 19.1. The Bertz CT molecular complexity index is 1640. The largest absolute Gasteiger partial charge is 0.464 e. The van der Waals surface area contributed by atoms with E-state index in [1.807, 2.05) is 55.5 Å². The third kappa shape index (κ3) is 12.5. The molecule has 15 heteroatoms. The highest BCUT2D eigenvalue weighted by molar-refractivity contribution is 5.95. The molecule has 6 rings (SSSR count). The number of piperidine rings is 1. The first-order valence-electron chi connectivity index (χ1n) is 19.1. The lowest BCUT2D eigenvalue weighted by molar-refractivity contribution is -0.156. The van der Waals surface area contributed by atoms with Gasteiger partial charge in [0.2, 0.25) is 29.5 Å². The van der Waals surface area contributed by atoms with Crippen molar-refractivity contribution in [3.63, 3.8) is 0 Å². The average Bonchev–Trinajstić information content (AvgIpc) is 3.84. The molecule has 0 bridgehead atoms. The summed E-state index contributed by atoms with van der Waals surface area (Å²) in [6.07, 6.45) is 3.88. The number of ether oxygens (including phenoxy) is 1. The van der Waals surface area contributed by atoms with Gasteiger partial charge in [0, 0.05) is 26.2 Å². The number of nitrogens with two attached hydrogens (primary N) is 1. The van der Waals surface area contributed by atoms with Crippen molar-refractivity contribution in [3.8, 4) is 0 Å². The van der Waals surface area contributed by atoms with Crippen molar-refractivity contribution >= 4 is 41.5 Å². The van der Waals surface area contributed by atoms with Crippen molar-refractivity contribution in [2.24, 2.45) is 11.7 Å². The summed E-state index contributed by atoms with van der Waals surface area (Å²) >= 11 is 0. The number of amides is 7. The predicted molar refractivity (Wildman–Crippen MR) is 204 cm³/mol. The highest BCUT2D eigenvalue weighted by Crippen LogP contribution is 2.27. The zero-order valence-electron chi connectivity index (χ0n) is 32.0. The number of carbonyl (C=O) groups excluding carboxylic acids is 7. The van der Waals surface area contributed by atoms with Crippen LogP contribution in [0.3, 0.4) is 0 Å². The molecule has 0 radical (unpaired) electrons. The molecule has 4 saturated heterocycles. The minimum Gasteiger partial charge on any atom is -0.464 e. The van der Waals surface area contributed by atoms with E-state index in [4.69, 9.17) is 10.5 Å². The predicted octanol–water partition coefficient (Wildman–Crippen LogP) is 2.01. The van der Waals surface area contributed by atoms with Crippen LogP contribution in [0.15, 0.2) is 60.7 Å². The molecule has 2 aromatic rings. The van der Waals surface area contributed by atoms with Crippen LogP contribution in [0.1, 0.15) is 69.9 Å². The monoisotopic (exact) mass is 761 g/mol. The summed E-state index contributed by atoms with van der Waals surface area (Å²) in [4.78, 5) is 91.4. The van der Waals surface area contributed by atoms with E-state index >= 15 is 0 Å². The fourth-order valence-electron chi connectivity index (χ4n) is 7.14. The molecule has 7 amide bonds. The zero-order valence-corrected chi connectivity index (χ0v) is 32.0. The smallest absolute Gasteiger partial charge is 0.328 e. The number of carbonyl (C=O) groups is 7. The summed E-state index contributed by atoms with van der Waals surface area (Å²) in [6, 6.07) is 16.5. The minimum absolute atomic E-state index is 0.00788. The van der Waals surface area contributed by atoms with E-state index in [2.05, 4.69) is 35.0 Å². The van der Waals surface area contributed by atoms with Gasteiger partial charge in [0.15, 0.2) is 0 Å². The first-order chi connectivity index (χ1) is 26.3. The Morgan fingerprint density at radius 3 is 2.11 bits per heavy atom. The molecule has 2 aromatic carbocycles. The molecular formula is C40H55N7O8. The molecule has 0 aromatic heterocycles. The molecule has 4 unspecified atom stereocenters.